The number of aromatic nitrogens is 4. The van der Waals surface area contributed by atoms with Crippen molar-refractivity contribution in [3.05, 3.63) is 94.8 Å². The Morgan fingerprint density at radius 2 is 1.77 bits per heavy atom. The minimum atomic E-state index is -5.13. The maximum Gasteiger partial charge on any atom is 0.417 e. The number of halogens is 7. The first-order chi connectivity index (χ1) is 20.9. The normalized spacial score (nSPS) is 14.0. The molecule has 230 valence electrons. The summed E-state index contributed by atoms with van der Waals surface area (Å²) < 4.78 is 100. The number of hydrogen-bond donors (Lipinski definition) is 2. The third-order valence-electron chi connectivity index (χ3n) is 6.70. The van der Waals surface area contributed by atoms with E-state index in [1.807, 2.05) is 0 Å². The molecule has 15 heteroatoms. The monoisotopic (exact) mass is 621 g/mol. The smallest absolute Gasteiger partial charge is 0.417 e. The number of carbonyl (C=O) groups excluding carboxylic acids is 1. The van der Waals surface area contributed by atoms with Gasteiger partial charge in [0.15, 0.2) is 6.04 Å². The first-order valence-electron chi connectivity index (χ1n) is 13.0. The highest BCUT2D eigenvalue weighted by Crippen LogP contribution is 2.40. The van der Waals surface area contributed by atoms with Crippen molar-refractivity contribution in [3.63, 3.8) is 0 Å². The molecular weight excluding hydrogens is 599 g/mol. The Kier molecular flexibility index (Phi) is 8.41. The van der Waals surface area contributed by atoms with Gasteiger partial charge < -0.3 is 19.7 Å². The number of ether oxygens (including phenoxy) is 1. The van der Waals surface area contributed by atoms with Crippen LogP contribution in [0.4, 0.5) is 30.7 Å². The number of aliphatic hydroxyl groups is 1. The van der Waals surface area contributed by atoms with Crippen molar-refractivity contribution >= 4 is 12.0 Å². The molecule has 0 fully saturated rings. The molecule has 1 atom stereocenters. The molecule has 0 radical (unpaired) electrons. The van der Waals surface area contributed by atoms with E-state index < -0.39 is 46.9 Å². The molecule has 8 nitrogen and oxygen atoms in total. The molecule has 0 amide bonds. The summed E-state index contributed by atoms with van der Waals surface area (Å²) in [6, 6.07) is 8.24. The number of H-pyrrole nitrogens is 1. The first kappa shape index (κ1) is 30.7. The van der Waals surface area contributed by atoms with Gasteiger partial charge in [-0.2, -0.15) is 36.5 Å². The molecule has 2 aromatic carbocycles. The van der Waals surface area contributed by atoms with E-state index in [1.54, 1.807) is 18.2 Å². The van der Waals surface area contributed by atoms with E-state index in [4.69, 9.17) is 9.84 Å². The van der Waals surface area contributed by atoms with Gasteiger partial charge in [0.2, 0.25) is 0 Å². The number of carbonyl (C=O) groups is 1. The zero-order chi connectivity index (χ0) is 31.6. The summed E-state index contributed by atoms with van der Waals surface area (Å²) in [7, 11) is 0. The van der Waals surface area contributed by atoms with Crippen LogP contribution >= 0.6 is 0 Å². The zero-order valence-corrected chi connectivity index (χ0v) is 22.5. The Hall–Kier alpha value is -4.79. The molecule has 0 saturated heterocycles. The number of rotatable bonds is 8. The van der Waals surface area contributed by atoms with Crippen molar-refractivity contribution in [2.75, 3.05) is 13.2 Å². The predicted molar refractivity (Wildman–Crippen MR) is 141 cm³/mol. The number of esters is 1. The van der Waals surface area contributed by atoms with Crippen molar-refractivity contribution in [2.45, 2.75) is 31.4 Å². The number of hydrogen-bond acceptors (Lipinski definition) is 7. The number of fused-ring (bicyclic) bond motifs is 1. The Labute approximate surface area is 244 Å². The topological polar surface area (TPSA) is 104 Å². The molecule has 0 spiro atoms. The van der Waals surface area contributed by atoms with E-state index in [1.165, 1.54) is 29.3 Å². The molecule has 2 N–H and O–H groups in total. The van der Waals surface area contributed by atoms with Crippen LogP contribution in [0.3, 0.4) is 0 Å². The Morgan fingerprint density at radius 3 is 2.43 bits per heavy atom. The van der Waals surface area contributed by atoms with Crippen LogP contribution in [0.5, 0.6) is 0 Å². The average Bonchev–Trinajstić information content (AvgIpc) is 3.40. The number of benzene rings is 2. The average molecular weight is 622 g/mol. The third kappa shape index (κ3) is 6.41. The van der Waals surface area contributed by atoms with Crippen molar-refractivity contribution in [1.82, 2.24) is 25.1 Å². The number of nitrogens with one attached hydrogen (secondary N) is 1. The van der Waals surface area contributed by atoms with Crippen LogP contribution in [0, 0.1) is 5.82 Å². The fourth-order valence-corrected chi connectivity index (χ4v) is 4.59. The summed E-state index contributed by atoms with van der Waals surface area (Å²) in [6.07, 6.45) is -6.90. The van der Waals surface area contributed by atoms with Gasteiger partial charge in [0.25, 0.3) is 0 Å². The predicted octanol–water partition coefficient (Wildman–Crippen LogP) is 6.16. The lowest BCUT2D eigenvalue weighted by Crippen LogP contribution is -2.33. The summed E-state index contributed by atoms with van der Waals surface area (Å²) in [5.74, 6) is -1.06. The van der Waals surface area contributed by atoms with Crippen molar-refractivity contribution < 1.29 is 45.4 Å². The van der Waals surface area contributed by atoms with Gasteiger partial charge in [-0.3, -0.25) is 0 Å². The minimum Gasteiger partial charge on any atom is -0.464 e. The second kappa shape index (κ2) is 12.1. The van der Waals surface area contributed by atoms with Gasteiger partial charge in [0, 0.05) is 24.8 Å². The highest BCUT2D eigenvalue weighted by atomic mass is 19.4. The van der Waals surface area contributed by atoms with E-state index in [2.05, 4.69) is 20.2 Å². The van der Waals surface area contributed by atoms with Crippen LogP contribution < -0.4 is 0 Å². The van der Waals surface area contributed by atoms with Gasteiger partial charge in [-0.1, -0.05) is 18.2 Å². The van der Waals surface area contributed by atoms with Gasteiger partial charge in [-0.25, -0.2) is 14.2 Å². The number of nitrogens with zero attached hydrogens (tertiary/aromatic N) is 4. The SMILES string of the molecule is O=C(OCCCO)C(c1ccc(-c2ccc(C(F)(F)F)cc2C(F)(F)F)nn1)N1C=Cc2nc(-c3ccccc3F)[nH]c2C1. The fraction of sp³-hybridized carbons (Fsp3) is 0.241. The summed E-state index contributed by atoms with van der Waals surface area (Å²) in [5, 5.41) is 16.8. The molecule has 2 aromatic heterocycles. The maximum absolute atomic E-state index is 14.3. The lowest BCUT2D eigenvalue weighted by atomic mass is 10.00. The summed E-state index contributed by atoms with van der Waals surface area (Å²) in [5.41, 5.74) is -2.84. The van der Waals surface area contributed by atoms with Crippen molar-refractivity contribution in [3.8, 4) is 22.6 Å². The molecule has 4 aromatic rings. The Balaban J connectivity index is 1.47. The molecule has 44 heavy (non-hydrogen) atoms. The zero-order valence-electron chi connectivity index (χ0n) is 22.5. The molecular formula is C29H22F7N5O3. The molecule has 3 heterocycles. The van der Waals surface area contributed by atoms with Gasteiger partial charge in [-0.15, -0.1) is 0 Å². The van der Waals surface area contributed by atoms with Crippen molar-refractivity contribution in [2.24, 2.45) is 0 Å². The molecule has 1 unspecified atom stereocenters. The number of aliphatic hydroxyl groups excluding tert-OH is 1. The van der Waals surface area contributed by atoms with Gasteiger partial charge in [-0.05, 0) is 42.5 Å². The van der Waals surface area contributed by atoms with Crippen LogP contribution in [0.1, 0.15) is 40.7 Å². The van der Waals surface area contributed by atoms with E-state index in [-0.39, 0.29) is 55.0 Å². The third-order valence-corrected chi connectivity index (χ3v) is 6.70. The second-order valence-corrected chi connectivity index (χ2v) is 9.66. The van der Waals surface area contributed by atoms with E-state index >= 15 is 0 Å². The first-order valence-corrected chi connectivity index (χ1v) is 13.0. The van der Waals surface area contributed by atoms with Crippen LogP contribution in [-0.4, -0.2) is 49.4 Å². The van der Waals surface area contributed by atoms with E-state index in [0.717, 1.165) is 6.07 Å². The van der Waals surface area contributed by atoms with Crippen molar-refractivity contribution in [1.29, 1.82) is 0 Å². The summed E-state index contributed by atoms with van der Waals surface area (Å²) in [6.45, 7) is -0.350. The van der Waals surface area contributed by atoms with Crippen LogP contribution in [-0.2, 0) is 28.4 Å². The number of alkyl halides is 6. The standard InChI is InChI=1S/C29H22F7N5O3/c30-20-5-2-1-4-18(20)26-37-22-10-11-41(15-24(22)38-26)25(27(43)44-13-3-12-42)23-9-8-21(39-40-23)17-7-6-16(28(31,32)33)14-19(17)29(34,35)36/h1-2,4-11,14,25,42H,3,12-13,15H2,(H,37,38). The number of aromatic amines is 1. The minimum absolute atomic E-state index is 0.00231. The Bertz CT molecular complexity index is 1680. The maximum atomic E-state index is 14.3. The van der Waals surface area contributed by atoms with E-state index in [9.17, 15) is 35.5 Å². The summed E-state index contributed by atoms with van der Waals surface area (Å²) >= 11 is 0. The highest BCUT2D eigenvalue weighted by molar-refractivity contribution is 5.78. The largest absolute Gasteiger partial charge is 0.464 e. The summed E-state index contributed by atoms with van der Waals surface area (Å²) in [4.78, 5) is 22.1. The van der Waals surface area contributed by atoms with Crippen LogP contribution in [0.15, 0.2) is 60.8 Å². The number of imidazole rings is 1. The molecule has 5 rings (SSSR count). The molecule has 0 saturated carbocycles. The van der Waals surface area contributed by atoms with Crippen LogP contribution in [0.25, 0.3) is 28.7 Å². The lowest BCUT2D eigenvalue weighted by Gasteiger charge is -2.30. The van der Waals surface area contributed by atoms with Gasteiger partial charge in [0.1, 0.15) is 11.6 Å². The van der Waals surface area contributed by atoms with Crippen LogP contribution in [0.2, 0.25) is 0 Å². The highest BCUT2D eigenvalue weighted by Gasteiger charge is 2.39. The quantitative estimate of drug-likeness (QED) is 0.138. The molecule has 1 aliphatic rings. The molecule has 0 aliphatic carbocycles. The van der Waals surface area contributed by atoms with E-state index in [0.29, 0.717) is 23.5 Å². The lowest BCUT2D eigenvalue weighted by molar-refractivity contribution is -0.150. The van der Waals surface area contributed by atoms with Gasteiger partial charge in [0.05, 0.1) is 52.6 Å². The fourth-order valence-electron chi connectivity index (χ4n) is 4.59. The molecule has 0 bridgehead atoms. The second-order valence-electron chi connectivity index (χ2n) is 9.66. The van der Waals surface area contributed by atoms with Gasteiger partial charge >= 0.3 is 18.3 Å². The molecule has 1 aliphatic heterocycles. The Morgan fingerprint density at radius 1 is 1.00 bits per heavy atom.